The van der Waals surface area contributed by atoms with Gasteiger partial charge in [-0.2, -0.15) is 0 Å². The Morgan fingerprint density at radius 2 is 1.68 bits per heavy atom. The fraction of sp³-hybridized carbons (Fsp3) is 0.0714. The molecule has 5 heteroatoms. The first-order chi connectivity index (χ1) is 9.13. The number of nitrogens with one attached hydrogen (secondary N) is 1. The number of thioether (sulfide) groups is 1. The van der Waals surface area contributed by atoms with Gasteiger partial charge in [0.05, 0.1) is 21.3 Å². The second kappa shape index (κ2) is 6.33. The minimum Gasteiger partial charge on any atom is -0.319 e. The molecule has 0 fully saturated rings. The average Bonchev–Trinajstić information content (AvgIpc) is 2.42. The fourth-order valence-electron chi connectivity index (χ4n) is 1.63. The number of amides is 1. The molecular weight excluding hydrogens is 301 g/mol. The normalized spacial score (nSPS) is 10.3. The third-order valence-electron chi connectivity index (χ3n) is 2.55. The van der Waals surface area contributed by atoms with Crippen LogP contribution >= 0.6 is 35.0 Å². The monoisotopic (exact) mass is 311 g/mol. The number of halogens is 2. The van der Waals surface area contributed by atoms with Gasteiger partial charge in [-0.15, -0.1) is 11.8 Å². The maximum absolute atomic E-state index is 12.3. The van der Waals surface area contributed by atoms with Crippen LogP contribution in [0.4, 0.5) is 5.69 Å². The molecule has 0 atom stereocenters. The SMILES string of the molecule is CSc1ccccc1C(=O)Nc1c(Cl)cccc1Cl. The zero-order valence-electron chi connectivity index (χ0n) is 10.1. The summed E-state index contributed by atoms with van der Waals surface area (Å²) < 4.78 is 0. The van der Waals surface area contributed by atoms with Gasteiger partial charge in [-0.05, 0) is 30.5 Å². The molecule has 2 aromatic carbocycles. The molecule has 0 saturated heterocycles. The summed E-state index contributed by atoms with van der Waals surface area (Å²) in [5, 5.41) is 3.59. The van der Waals surface area contributed by atoms with Crippen molar-refractivity contribution in [3.05, 3.63) is 58.1 Å². The van der Waals surface area contributed by atoms with Gasteiger partial charge in [0, 0.05) is 4.90 Å². The lowest BCUT2D eigenvalue weighted by molar-refractivity contribution is 0.102. The van der Waals surface area contributed by atoms with E-state index in [4.69, 9.17) is 23.2 Å². The Morgan fingerprint density at radius 3 is 2.32 bits per heavy atom. The molecule has 0 aliphatic rings. The molecule has 2 rings (SSSR count). The van der Waals surface area contributed by atoms with Crippen molar-refractivity contribution in [2.75, 3.05) is 11.6 Å². The first-order valence-electron chi connectivity index (χ1n) is 5.52. The van der Waals surface area contributed by atoms with Gasteiger partial charge < -0.3 is 5.32 Å². The first-order valence-corrected chi connectivity index (χ1v) is 7.50. The van der Waals surface area contributed by atoms with Crippen LogP contribution in [0, 0.1) is 0 Å². The molecule has 0 aliphatic carbocycles. The Labute approximate surface area is 126 Å². The molecule has 1 amide bonds. The number of para-hydroxylation sites is 1. The quantitative estimate of drug-likeness (QED) is 0.811. The average molecular weight is 312 g/mol. The van der Waals surface area contributed by atoms with Crippen molar-refractivity contribution in [1.82, 2.24) is 0 Å². The lowest BCUT2D eigenvalue weighted by Gasteiger charge is -2.11. The van der Waals surface area contributed by atoms with Gasteiger partial charge in [0.2, 0.25) is 0 Å². The number of benzene rings is 2. The van der Waals surface area contributed by atoms with Crippen LogP contribution in [0.2, 0.25) is 10.0 Å². The minimum atomic E-state index is -0.222. The number of carbonyl (C=O) groups is 1. The standard InChI is InChI=1S/C14H11Cl2NOS/c1-19-12-8-3-2-5-9(12)14(18)17-13-10(15)6-4-7-11(13)16/h2-8H,1H3,(H,17,18). The van der Waals surface area contributed by atoms with E-state index in [2.05, 4.69) is 5.32 Å². The molecule has 0 unspecified atom stereocenters. The van der Waals surface area contributed by atoms with Gasteiger partial charge in [-0.25, -0.2) is 0 Å². The van der Waals surface area contributed by atoms with Crippen molar-refractivity contribution in [3.63, 3.8) is 0 Å². The number of rotatable bonds is 3. The molecule has 2 nitrogen and oxygen atoms in total. The van der Waals surface area contributed by atoms with E-state index in [1.165, 1.54) is 11.8 Å². The van der Waals surface area contributed by atoms with Gasteiger partial charge in [0.25, 0.3) is 5.91 Å². The Kier molecular flexibility index (Phi) is 4.75. The molecule has 0 aliphatic heterocycles. The number of hydrogen-bond acceptors (Lipinski definition) is 2. The maximum Gasteiger partial charge on any atom is 0.256 e. The molecule has 2 aromatic rings. The zero-order chi connectivity index (χ0) is 13.8. The van der Waals surface area contributed by atoms with Gasteiger partial charge in [0.15, 0.2) is 0 Å². The van der Waals surface area contributed by atoms with Crippen LogP contribution < -0.4 is 5.32 Å². The number of hydrogen-bond donors (Lipinski definition) is 1. The Bertz CT molecular complexity index is 596. The summed E-state index contributed by atoms with van der Waals surface area (Å²) in [4.78, 5) is 13.2. The van der Waals surface area contributed by atoms with Crippen molar-refractivity contribution in [1.29, 1.82) is 0 Å². The highest BCUT2D eigenvalue weighted by Crippen LogP contribution is 2.31. The van der Waals surface area contributed by atoms with E-state index in [1.54, 1.807) is 24.3 Å². The van der Waals surface area contributed by atoms with E-state index in [1.807, 2.05) is 24.5 Å². The van der Waals surface area contributed by atoms with E-state index >= 15 is 0 Å². The van der Waals surface area contributed by atoms with Crippen LogP contribution in [0.15, 0.2) is 47.4 Å². The van der Waals surface area contributed by atoms with E-state index in [0.717, 1.165) is 4.90 Å². The number of carbonyl (C=O) groups excluding carboxylic acids is 1. The van der Waals surface area contributed by atoms with Crippen LogP contribution in [-0.2, 0) is 0 Å². The fourth-order valence-corrected chi connectivity index (χ4v) is 2.72. The third kappa shape index (κ3) is 3.24. The minimum absolute atomic E-state index is 0.222. The summed E-state index contributed by atoms with van der Waals surface area (Å²) in [6.07, 6.45) is 1.93. The molecule has 0 radical (unpaired) electrons. The largest absolute Gasteiger partial charge is 0.319 e. The second-order valence-electron chi connectivity index (χ2n) is 3.75. The summed E-state index contributed by atoms with van der Waals surface area (Å²) in [6.45, 7) is 0. The molecule has 0 spiro atoms. The molecule has 1 N–H and O–H groups in total. The van der Waals surface area contributed by atoms with Crippen LogP contribution in [0.5, 0.6) is 0 Å². The Morgan fingerprint density at radius 1 is 1.05 bits per heavy atom. The van der Waals surface area contributed by atoms with E-state index < -0.39 is 0 Å². The molecule has 98 valence electrons. The summed E-state index contributed by atoms with van der Waals surface area (Å²) in [5.74, 6) is -0.222. The highest BCUT2D eigenvalue weighted by atomic mass is 35.5. The summed E-state index contributed by atoms with van der Waals surface area (Å²) >= 11 is 13.6. The second-order valence-corrected chi connectivity index (χ2v) is 5.41. The van der Waals surface area contributed by atoms with Crippen LogP contribution in [0.25, 0.3) is 0 Å². The van der Waals surface area contributed by atoms with E-state index in [9.17, 15) is 4.79 Å². The zero-order valence-corrected chi connectivity index (χ0v) is 12.4. The van der Waals surface area contributed by atoms with Gasteiger partial charge in [0.1, 0.15) is 0 Å². The summed E-state index contributed by atoms with van der Waals surface area (Å²) in [5.41, 5.74) is 1.04. The van der Waals surface area contributed by atoms with Crippen molar-refractivity contribution >= 4 is 46.6 Å². The maximum atomic E-state index is 12.3. The summed E-state index contributed by atoms with van der Waals surface area (Å²) in [6, 6.07) is 12.5. The van der Waals surface area contributed by atoms with Crippen LogP contribution in [0.3, 0.4) is 0 Å². The predicted molar refractivity (Wildman–Crippen MR) is 82.6 cm³/mol. The van der Waals surface area contributed by atoms with Gasteiger partial charge in [-0.3, -0.25) is 4.79 Å². The third-order valence-corrected chi connectivity index (χ3v) is 3.98. The van der Waals surface area contributed by atoms with Crippen molar-refractivity contribution in [2.45, 2.75) is 4.90 Å². The van der Waals surface area contributed by atoms with E-state index in [0.29, 0.717) is 21.3 Å². The molecule has 0 aromatic heterocycles. The van der Waals surface area contributed by atoms with Gasteiger partial charge >= 0.3 is 0 Å². The lowest BCUT2D eigenvalue weighted by atomic mass is 10.2. The highest BCUT2D eigenvalue weighted by Gasteiger charge is 2.13. The topological polar surface area (TPSA) is 29.1 Å². The Hall–Kier alpha value is -1.16. The smallest absolute Gasteiger partial charge is 0.256 e. The number of anilines is 1. The summed E-state index contributed by atoms with van der Waals surface area (Å²) in [7, 11) is 0. The van der Waals surface area contributed by atoms with Crippen molar-refractivity contribution in [2.24, 2.45) is 0 Å². The van der Waals surface area contributed by atoms with Crippen molar-refractivity contribution < 1.29 is 4.79 Å². The van der Waals surface area contributed by atoms with Crippen LogP contribution in [0.1, 0.15) is 10.4 Å². The van der Waals surface area contributed by atoms with Crippen molar-refractivity contribution in [3.8, 4) is 0 Å². The predicted octanol–water partition coefficient (Wildman–Crippen LogP) is 4.97. The molecule has 0 bridgehead atoms. The highest BCUT2D eigenvalue weighted by molar-refractivity contribution is 7.98. The molecular formula is C14H11Cl2NOS. The van der Waals surface area contributed by atoms with Gasteiger partial charge in [-0.1, -0.05) is 41.4 Å². The lowest BCUT2D eigenvalue weighted by Crippen LogP contribution is -2.13. The Balaban J connectivity index is 2.31. The molecule has 19 heavy (non-hydrogen) atoms. The van der Waals surface area contributed by atoms with Crippen LogP contribution in [-0.4, -0.2) is 12.2 Å². The molecule has 0 saturated carbocycles. The first kappa shape index (κ1) is 14.3. The molecule has 0 heterocycles. The van der Waals surface area contributed by atoms with E-state index in [-0.39, 0.29) is 5.91 Å².